The van der Waals surface area contributed by atoms with Gasteiger partial charge in [0.25, 0.3) is 0 Å². The minimum absolute atomic E-state index is 0.00243. The first-order valence-corrected chi connectivity index (χ1v) is 8.68. The Morgan fingerprint density at radius 1 is 0.652 bits per heavy atom. The average molecular weight is 314 g/mol. The highest BCUT2D eigenvalue weighted by Crippen LogP contribution is 2.35. The smallest absolute Gasteiger partial charge is 0.147 e. The van der Waals surface area contributed by atoms with Gasteiger partial charge in [0.05, 0.1) is 6.10 Å². The molecular weight excluding hydrogens is 296 g/mol. The van der Waals surface area contributed by atoms with E-state index in [1.165, 1.54) is 32.7 Å². The molecule has 0 N–H and O–H groups in total. The maximum Gasteiger partial charge on any atom is 0.147 e. The second-order valence-corrected chi connectivity index (χ2v) is 6.23. The molecule has 0 fully saturated rings. The highest BCUT2D eigenvalue weighted by Gasteiger charge is 2.16. The van der Waals surface area contributed by atoms with E-state index in [1.54, 1.807) is 0 Å². The highest BCUT2D eigenvalue weighted by atomic mass is 28.2. The Hall–Kier alpha value is -2.42. The highest BCUT2D eigenvalue weighted by molar-refractivity contribution is 6.09. The molecular formula is C21H18OSi. The van der Waals surface area contributed by atoms with Gasteiger partial charge in [-0.25, -0.2) is 0 Å². The molecule has 1 nitrogen and oxygen atoms in total. The van der Waals surface area contributed by atoms with Crippen LogP contribution in [0.25, 0.3) is 21.5 Å². The normalized spacial score (nSPS) is 12.7. The molecule has 0 spiro atoms. The minimum atomic E-state index is -0.00243. The van der Waals surface area contributed by atoms with Gasteiger partial charge in [0.1, 0.15) is 10.5 Å². The molecule has 4 aromatic carbocycles. The third-order valence-corrected chi connectivity index (χ3v) is 4.89. The zero-order valence-electron chi connectivity index (χ0n) is 13.1. The lowest BCUT2D eigenvalue weighted by Gasteiger charge is -2.20. The molecule has 1 atom stereocenters. The fourth-order valence-electron chi connectivity index (χ4n) is 3.37. The summed E-state index contributed by atoms with van der Waals surface area (Å²) in [5.41, 5.74) is 2.46. The van der Waals surface area contributed by atoms with Crippen molar-refractivity contribution in [1.82, 2.24) is 0 Å². The monoisotopic (exact) mass is 314 g/mol. The summed E-state index contributed by atoms with van der Waals surface area (Å²) in [6.45, 7) is 0. The zero-order valence-corrected chi connectivity index (χ0v) is 15.1. The maximum atomic E-state index is 6.02. The van der Waals surface area contributed by atoms with Crippen LogP contribution in [-0.4, -0.2) is 10.5 Å². The first-order chi connectivity index (χ1) is 11.4. The molecule has 0 aliphatic rings. The lowest BCUT2D eigenvalue weighted by atomic mass is 9.92. The zero-order chi connectivity index (χ0) is 15.6. The molecule has 0 aromatic heterocycles. The van der Waals surface area contributed by atoms with Crippen LogP contribution in [0.4, 0.5) is 0 Å². The molecule has 4 aromatic rings. The molecule has 0 amide bonds. The van der Waals surface area contributed by atoms with Crippen molar-refractivity contribution in [3.05, 3.63) is 96.1 Å². The fraction of sp³-hybridized carbons (Fsp3) is 0.0476. The number of benzene rings is 4. The van der Waals surface area contributed by atoms with Gasteiger partial charge in [-0.15, -0.1) is 0 Å². The molecule has 112 valence electrons. The van der Waals surface area contributed by atoms with Crippen LogP contribution >= 0.6 is 0 Å². The lowest BCUT2D eigenvalue weighted by molar-refractivity contribution is 0.275. The van der Waals surface area contributed by atoms with Crippen molar-refractivity contribution in [2.24, 2.45) is 0 Å². The second-order valence-electron chi connectivity index (χ2n) is 5.76. The summed E-state index contributed by atoms with van der Waals surface area (Å²) in [5.74, 6) is 0. The van der Waals surface area contributed by atoms with Crippen LogP contribution in [0.1, 0.15) is 17.2 Å². The Morgan fingerprint density at radius 3 is 2.00 bits per heavy atom. The van der Waals surface area contributed by atoms with Gasteiger partial charge in [-0.2, -0.15) is 0 Å². The Bertz CT molecular complexity index is 963. The summed E-state index contributed by atoms with van der Waals surface area (Å²) < 4.78 is 6.02. The van der Waals surface area contributed by atoms with Crippen LogP contribution in [0.5, 0.6) is 0 Å². The van der Waals surface area contributed by atoms with Crippen LogP contribution in [0.15, 0.2) is 84.9 Å². The van der Waals surface area contributed by atoms with Gasteiger partial charge in [0.15, 0.2) is 0 Å². The molecule has 0 heterocycles. The van der Waals surface area contributed by atoms with E-state index < -0.39 is 0 Å². The topological polar surface area (TPSA) is 9.23 Å². The minimum Gasteiger partial charge on any atom is -0.417 e. The van der Waals surface area contributed by atoms with Crippen molar-refractivity contribution in [1.29, 1.82) is 0 Å². The van der Waals surface area contributed by atoms with Crippen LogP contribution in [0.2, 0.25) is 0 Å². The predicted octanol–water partition coefficient (Wildman–Crippen LogP) is 4.38. The third-order valence-electron chi connectivity index (χ3n) is 4.42. The molecule has 23 heavy (non-hydrogen) atoms. The van der Waals surface area contributed by atoms with E-state index in [0.29, 0.717) is 10.5 Å². The van der Waals surface area contributed by atoms with E-state index in [0.717, 1.165) is 0 Å². The van der Waals surface area contributed by atoms with Crippen molar-refractivity contribution in [2.75, 3.05) is 0 Å². The van der Waals surface area contributed by atoms with Crippen molar-refractivity contribution < 1.29 is 4.43 Å². The van der Waals surface area contributed by atoms with Crippen LogP contribution < -0.4 is 0 Å². The summed E-state index contributed by atoms with van der Waals surface area (Å²) in [4.78, 5) is 0. The molecule has 0 saturated carbocycles. The molecule has 0 bridgehead atoms. The first kappa shape index (κ1) is 14.2. The number of hydrogen-bond donors (Lipinski definition) is 0. The lowest BCUT2D eigenvalue weighted by Crippen LogP contribution is -2.05. The van der Waals surface area contributed by atoms with E-state index in [1.807, 2.05) is 6.07 Å². The standard InChI is InChI=1S/C21H18OSi/c23-22-21(15-8-2-1-3-9-15)20-14-16-10-4-5-11-17(16)18-12-6-7-13-19(18)20/h1-14,21H,23H3. The summed E-state index contributed by atoms with van der Waals surface area (Å²) >= 11 is 0. The van der Waals surface area contributed by atoms with Crippen molar-refractivity contribution >= 4 is 32.0 Å². The molecule has 0 radical (unpaired) electrons. The Kier molecular flexibility index (Phi) is 3.70. The fourth-order valence-corrected chi connectivity index (χ4v) is 3.90. The SMILES string of the molecule is [SiH3]OC(c1ccccc1)c1cc2ccccc2c2ccccc12. The maximum absolute atomic E-state index is 6.02. The van der Waals surface area contributed by atoms with Crippen LogP contribution in [-0.2, 0) is 4.43 Å². The summed E-state index contributed by atoms with van der Waals surface area (Å²) in [6, 6.07) is 30.0. The van der Waals surface area contributed by atoms with E-state index in [2.05, 4.69) is 78.9 Å². The summed E-state index contributed by atoms with van der Waals surface area (Å²) in [6.07, 6.45) is -0.00243. The Morgan fingerprint density at radius 2 is 1.26 bits per heavy atom. The van der Waals surface area contributed by atoms with Gasteiger partial charge in [0.2, 0.25) is 0 Å². The predicted molar refractivity (Wildman–Crippen MR) is 101 cm³/mol. The van der Waals surface area contributed by atoms with E-state index in [4.69, 9.17) is 4.43 Å². The molecule has 4 rings (SSSR count). The third kappa shape index (κ3) is 2.46. The van der Waals surface area contributed by atoms with Crippen LogP contribution in [0.3, 0.4) is 0 Å². The first-order valence-electron chi connectivity index (χ1n) is 7.86. The number of fused-ring (bicyclic) bond motifs is 3. The number of rotatable bonds is 3. The van der Waals surface area contributed by atoms with Gasteiger partial charge in [-0.3, -0.25) is 0 Å². The molecule has 0 aliphatic heterocycles. The quantitative estimate of drug-likeness (QED) is 0.403. The van der Waals surface area contributed by atoms with Gasteiger partial charge >= 0.3 is 0 Å². The van der Waals surface area contributed by atoms with Crippen molar-refractivity contribution in [2.45, 2.75) is 6.10 Å². The van der Waals surface area contributed by atoms with E-state index in [-0.39, 0.29) is 6.10 Å². The molecule has 0 aliphatic carbocycles. The van der Waals surface area contributed by atoms with Gasteiger partial charge in [0, 0.05) is 0 Å². The largest absolute Gasteiger partial charge is 0.417 e. The van der Waals surface area contributed by atoms with E-state index in [9.17, 15) is 0 Å². The van der Waals surface area contributed by atoms with Crippen molar-refractivity contribution in [3.8, 4) is 0 Å². The van der Waals surface area contributed by atoms with Crippen molar-refractivity contribution in [3.63, 3.8) is 0 Å². The molecule has 1 unspecified atom stereocenters. The van der Waals surface area contributed by atoms with Gasteiger partial charge < -0.3 is 4.43 Å². The van der Waals surface area contributed by atoms with E-state index >= 15 is 0 Å². The summed E-state index contributed by atoms with van der Waals surface area (Å²) in [7, 11) is 0.698. The number of hydrogen-bond acceptors (Lipinski definition) is 1. The molecule has 2 heteroatoms. The second kappa shape index (κ2) is 5.99. The Labute approximate surface area is 139 Å². The molecule has 0 saturated heterocycles. The van der Waals surface area contributed by atoms with Gasteiger partial charge in [-0.1, -0.05) is 78.9 Å². The van der Waals surface area contributed by atoms with Gasteiger partial charge in [-0.05, 0) is 38.7 Å². The Balaban J connectivity index is 2.05. The average Bonchev–Trinajstić information content (AvgIpc) is 2.63. The van der Waals surface area contributed by atoms with Crippen LogP contribution in [0, 0.1) is 0 Å². The summed E-state index contributed by atoms with van der Waals surface area (Å²) in [5, 5.41) is 5.13.